The number of carbonyl (C=O) groups excluding carboxylic acids is 1. The zero-order valence-corrected chi connectivity index (χ0v) is 17.1. The number of benzene rings is 3. The lowest BCUT2D eigenvalue weighted by atomic mass is 10.0. The third-order valence-electron chi connectivity index (χ3n) is 5.09. The van der Waals surface area contributed by atoms with Crippen LogP contribution in [0.5, 0.6) is 5.75 Å². The zero-order chi connectivity index (χ0) is 21.6. The van der Waals surface area contributed by atoms with Crippen LogP contribution in [0, 0.1) is 0 Å². The average molecular weight is 410 g/mol. The number of amides is 1. The fourth-order valence-electron chi connectivity index (χ4n) is 3.41. The van der Waals surface area contributed by atoms with Gasteiger partial charge in [0.25, 0.3) is 11.5 Å². The number of methoxy groups -OCH3 is 1. The fourth-order valence-corrected chi connectivity index (χ4v) is 3.41. The molecule has 3 aromatic carbocycles. The molecule has 1 aromatic heterocycles. The van der Waals surface area contributed by atoms with Crippen LogP contribution < -0.4 is 15.6 Å². The number of ether oxygens (including phenoxy) is 1. The Kier molecular flexibility index (Phi) is 5.94. The Morgan fingerprint density at radius 1 is 0.806 bits per heavy atom. The molecule has 0 aliphatic rings. The molecule has 0 radical (unpaired) electrons. The number of H-pyrrole nitrogens is 1. The summed E-state index contributed by atoms with van der Waals surface area (Å²) >= 11 is 0. The van der Waals surface area contributed by atoms with E-state index in [4.69, 9.17) is 4.74 Å². The molecule has 5 heteroatoms. The second kappa shape index (κ2) is 9.13. The maximum absolute atomic E-state index is 12.5. The molecule has 1 heterocycles. The van der Waals surface area contributed by atoms with E-state index in [1.807, 2.05) is 66.7 Å². The maximum Gasteiger partial charge on any atom is 0.261 e. The van der Waals surface area contributed by atoms with Crippen molar-refractivity contribution in [1.29, 1.82) is 0 Å². The number of carbonyl (C=O) groups is 1. The number of aromatic nitrogens is 1. The molecule has 154 valence electrons. The van der Waals surface area contributed by atoms with Crippen LogP contribution in [0.4, 0.5) is 0 Å². The number of pyridine rings is 1. The lowest BCUT2D eigenvalue weighted by Crippen LogP contribution is -2.29. The van der Waals surface area contributed by atoms with Crippen LogP contribution in [0.25, 0.3) is 22.4 Å². The van der Waals surface area contributed by atoms with Gasteiger partial charge in [0.15, 0.2) is 0 Å². The summed E-state index contributed by atoms with van der Waals surface area (Å²) in [6, 6.07) is 28.7. The minimum Gasteiger partial charge on any atom is -0.496 e. The van der Waals surface area contributed by atoms with Gasteiger partial charge in [-0.15, -0.1) is 0 Å². The minimum absolute atomic E-state index is 0.0690. The summed E-state index contributed by atoms with van der Waals surface area (Å²) in [5.41, 5.74) is 4.24. The minimum atomic E-state index is -0.432. The second-order valence-corrected chi connectivity index (χ2v) is 7.05. The highest BCUT2D eigenvalue weighted by atomic mass is 16.5. The van der Waals surface area contributed by atoms with Gasteiger partial charge >= 0.3 is 0 Å². The van der Waals surface area contributed by atoms with E-state index in [0.29, 0.717) is 11.4 Å². The number of hydrogen-bond donors (Lipinski definition) is 2. The highest BCUT2D eigenvalue weighted by Crippen LogP contribution is 2.23. The normalized spacial score (nSPS) is 10.5. The van der Waals surface area contributed by atoms with Crippen molar-refractivity contribution in [3.8, 4) is 28.1 Å². The van der Waals surface area contributed by atoms with Gasteiger partial charge in [-0.2, -0.15) is 0 Å². The van der Waals surface area contributed by atoms with Gasteiger partial charge in [0.2, 0.25) is 0 Å². The molecular formula is C26H22N2O3. The molecule has 0 unspecified atom stereocenters. The maximum atomic E-state index is 12.5. The van der Waals surface area contributed by atoms with E-state index in [1.54, 1.807) is 19.2 Å². The molecule has 0 atom stereocenters. The highest BCUT2D eigenvalue weighted by molar-refractivity contribution is 5.94. The van der Waals surface area contributed by atoms with E-state index in [9.17, 15) is 9.59 Å². The summed E-state index contributed by atoms with van der Waals surface area (Å²) < 4.78 is 5.29. The van der Waals surface area contributed by atoms with Crippen molar-refractivity contribution in [2.24, 2.45) is 0 Å². The largest absolute Gasteiger partial charge is 0.496 e. The van der Waals surface area contributed by atoms with Crippen LogP contribution >= 0.6 is 0 Å². The van der Waals surface area contributed by atoms with E-state index in [2.05, 4.69) is 22.4 Å². The van der Waals surface area contributed by atoms with Crippen molar-refractivity contribution in [3.63, 3.8) is 0 Å². The number of para-hydroxylation sites is 1. The molecule has 5 nitrogen and oxygen atoms in total. The number of hydrogen-bond acceptors (Lipinski definition) is 3. The van der Waals surface area contributed by atoms with Crippen LogP contribution in [0.3, 0.4) is 0 Å². The predicted octanol–water partition coefficient (Wildman–Crippen LogP) is 4.65. The fraction of sp³-hybridized carbons (Fsp3) is 0.0769. The number of aromatic amines is 1. The van der Waals surface area contributed by atoms with Gasteiger partial charge in [-0.1, -0.05) is 72.8 Å². The summed E-state index contributed by atoms with van der Waals surface area (Å²) in [5, 5.41) is 2.78. The molecule has 0 saturated heterocycles. The quantitative estimate of drug-likeness (QED) is 0.486. The number of rotatable bonds is 6. The van der Waals surface area contributed by atoms with Crippen molar-refractivity contribution in [1.82, 2.24) is 10.3 Å². The van der Waals surface area contributed by atoms with E-state index >= 15 is 0 Å². The second-order valence-electron chi connectivity index (χ2n) is 7.05. The molecule has 0 saturated carbocycles. The Hall–Kier alpha value is -4.12. The first-order chi connectivity index (χ1) is 15.2. The van der Waals surface area contributed by atoms with Gasteiger partial charge in [-0.25, -0.2) is 0 Å². The Morgan fingerprint density at radius 2 is 1.45 bits per heavy atom. The summed E-state index contributed by atoms with van der Waals surface area (Å²) in [4.78, 5) is 27.9. The smallest absolute Gasteiger partial charge is 0.261 e. The predicted molar refractivity (Wildman–Crippen MR) is 122 cm³/mol. The summed E-state index contributed by atoms with van der Waals surface area (Å²) in [7, 11) is 1.58. The first-order valence-corrected chi connectivity index (χ1v) is 9.95. The lowest BCUT2D eigenvalue weighted by molar-refractivity contribution is 0.0949. The van der Waals surface area contributed by atoms with E-state index in [-0.39, 0.29) is 12.1 Å². The summed E-state index contributed by atoms with van der Waals surface area (Å²) in [6.07, 6.45) is 0. The zero-order valence-electron chi connectivity index (χ0n) is 17.1. The Bertz CT molecular complexity index is 1250. The summed E-state index contributed by atoms with van der Waals surface area (Å²) in [5.74, 6) is 0.254. The molecule has 0 aliphatic heterocycles. The molecular weight excluding hydrogens is 388 g/mol. The molecule has 0 aliphatic carbocycles. The van der Waals surface area contributed by atoms with Crippen LogP contribution in [-0.2, 0) is 6.54 Å². The van der Waals surface area contributed by atoms with Gasteiger partial charge < -0.3 is 15.0 Å². The van der Waals surface area contributed by atoms with Crippen molar-refractivity contribution in [2.45, 2.75) is 6.54 Å². The highest BCUT2D eigenvalue weighted by Gasteiger charge is 2.12. The average Bonchev–Trinajstić information content (AvgIpc) is 2.83. The third-order valence-corrected chi connectivity index (χ3v) is 5.09. The SMILES string of the molecule is COc1ccccc1CNC(=O)c1ccc(-c2ccc(-c3ccccc3)cc2)[nH]c1=O. The van der Waals surface area contributed by atoms with Crippen molar-refractivity contribution in [3.05, 3.63) is 112 Å². The molecule has 0 spiro atoms. The van der Waals surface area contributed by atoms with E-state index < -0.39 is 11.5 Å². The van der Waals surface area contributed by atoms with Crippen LogP contribution in [-0.4, -0.2) is 18.0 Å². The van der Waals surface area contributed by atoms with Crippen molar-refractivity contribution < 1.29 is 9.53 Å². The van der Waals surface area contributed by atoms with Gasteiger partial charge in [-0.3, -0.25) is 9.59 Å². The lowest BCUT2D eigenvalue weighted by Gasteiger charge is -2.10. The van der Waals surface area contributed by atoms with Crippen molar-refractivity contribution >= 4 is 5.91 Å². The molecule has 0 fully saturated rings. The van der Waals surface area contributed by atoms with Gasteiger partial charge in [0.1, 0.15) is 11.3 Å². The third kappa shape index (κ3) is 4.56. The van der Waals surface area contributed by atoms with Gasteiger partial charge in [0.05, 0.1) is 7.11 Å². The number of nitrogens with one attached hydrogen (secondary N) is 2. The van der Waals surface area contributed by atoms with Crippen molar-refractivity contribution in [2.75, 3.05) is 7.11 Å². The van der Waals surface area contributed by atoms with Gasteiger partial charge in [0, 0.05) is 17.8 Å². The Labute approximate surface area is 180 Å². The first kappa shape index (κ1) is 20.2. The molecule has 2 N–H and O–H groups in total. The topological polar surface area (TPSA) is 71.2 Å². The first-order valence-electron chi connectivity index (χ1n) is 9.95. The Morgan fingerprint density at radius 3 is 2.16 bits per heavy atom. The molecule has 4 aromatic rings. The van der Waals surface area contributed by atoms with Crippen LogP contribution in [0.2, 0.25) is 0 Å². The van der Waals surface area contributed by atoms with Crippen LogP contribution in [0.15, 0.2) is 95.8 Å². The standard InChI is InChI=1S/C26H22N2O3/c1-31-24-10-6-5-9-21(24)17-27-25(29)22-15-16-23(28-26(22)30)20-13-11-19(12-14-20)18-7-3-2-4-8-18/h2-16H,17H2,1H3,(H,27,29)(H,28,30). The molecule has 1 amide bonds. The monoisotopic (exact) mass is 410 g/mol. The molecule has 4 rings (SSSR count). The Balaban J connectivity index is 1.49. The van der Waals surface area contributed by atoms with E-state index in [0.717, 1.165) is 22.3 Å². The van der Waals surface area contributed by atoms with Crippen LogP contribution in [0.1, 0.15) is 15.9 Å². The van der Waals surface area contributed by atoms with E-state index in [1.165, 1.54) is 0 Å². The summed E-state index contributed by atoms with van der Waals surface area (Å²) in [6.45, 7) is 0.269. The molecule has 0 bridgehead atoms. The molecule has 31 heavy (non-hydrogen) atoms. The van der Waals surface area contributed by atoms with Gasteiger partial charge in [-0.05, 0) is 34.9 Å².